The highest BCUT2D eigenvalue weighted by Crippen LogP contribution is 2.29. The molecular weight excluding hydrogens is 349 g/mol. The lowest BCUT2D eigenvalue weighted by Crippen LogP contribution is -2.28. The molecule has 1 rings (SSSR count). The van der Waals surface area contributed by atoms with Crippen molar-refractivity contribution >= 4 is 9.76 Å². The highest BCUT2D eigenvalue weighted by Gasteiger charge is 2.30. The second-order valence-corrected chi connectivity index (χ2v) is 7.99. The van der Waals surface area contributed by atoms with Crippen molar-refractivity contribution in [1.29, 1.82) is 0 Å². The molecule has 3 nitrogen and oxygen atoms in total. The number of hydrogen-bond donors (Lipinski definition) is 0. The van der Waals surface area contributed by atoms with E-state index >= 15 is 0 Å². The second kappa shape index (κ2) is 11.0. The van der Waals surface area contributed by atoms with Crippen molar-refractivity contribution in [1.82, 2.24) is 0 Å². The number of hydrogen-bond acceptors (Lipinski definition) is 3. The third-order valence-electron chi connectivity index (χ3n) is 3.38. The average Bonchev–Trinajstić information content (AvgIpc) is 2.49. The minimum absolute atomic E-state index is 0.0265. The van der Waals surface area contributed by atoms with E-state index in [1.807, 2.05) is 27.7 Å². The van der Waals surface area contributed by atoms with E-state index < -0.39 is 28.0 Å². The summed E-state index contributed by atoms with van der Waals surface area (Å²) in [7, 11) is -0.782. The van der Waals surface area contributed by atoms with Gasteiger partial charge in [-0.05, 0) is 58.2 Å². The Bertz CT molecular complexity index is 483. The van der Waals surface area contributed by atoms with Crippen LogP contribution in [0.15, 0.2) is 24.3 Å². The van der Waals surface area contributed by atoms with Gasteiger partial charge in [0.15, 0.2) is 9.76 Å². The van der Waals surface area contributed by atoms with Gasteiger partial charge in [0.1, 0.15) is 0 Å². The number of alkyl halides is 3. The van der Waals surface area contributed by atoms with Gasteiger partial charge < -0.3 is 13.9 Å². The van der Waals surface area contributed by atoms with Gasteiger partial charge in [0.05, 0.1) is 17.8 Å². The quantitative estimate of drug-likeness (QED) is 0.318. The summed E-state index contributed by atoms with van der Waals surface area (Å²) in [5, 5.41) is 0. The Morgan fingerprint density at radius 2 is 1.64 bits per heavy atom. The zero-order valence-corrected chi connectivity index (χ0v) is 16.8. The first-order chi connectivity index (χ1) is 11.7. The Hall–Kier alpha value is -0.893. The summed E-state index contributed by atoms with van der Waals surface area (Å²) in [5.74, 6) is 0. The fourth-order valence-electron chi connectivity index (χ4n) is 2.25. The van der Waals surface area contributed by atoms with Gasteiger partial charge in [-0.15, -0.1) is 0 Å². The summed E-state index contributed by atoms with van der Waals surface area (Å²) in [6.45, 7) is 7.09. The van der Waals surface area contributed by atoms with Crippen LogP contribution in [0, 0.1) is 0 Å². The minimum Gasteiger partial charge on any atom is -0.379 e. The summed E-state index contributed by atoms with van der Waals surface area (Å²) < 4.78 is 54.9. The van der Waals surface area contributed by atoms with Crippen molar-refractivity contribution in [3.63, 3.8) is 0 Å². The third-order valence-corrected chi connectivity index (χ3v) is 4.68. The Morgan fingerprint density at radius 3 is 2.20 bits per heavy atom. The second-order valence-electron chi connectivity index (χ2n) is 6.54. The standard InChI is InChI=1S/C18H29F3O3Si/c1-13(2)22-17(23-14(3)4)24-25-11-6-5-8-15-9-7-10-16(12-15)18(19,20)21/h7,9-10,12-14,17H,5-6,8,11,25H2,1-4H3. The maximum absolute atomic E-state index is 12.7. The van der Waals surface area contributed by atoms with Gasteiger partial charge in [-0.1, -0.05) is 24.6 Å². The summed E-state index contributed by atoms with van der Waals surface area (Å²) >= 11 is 0. The number of ether oxygens (including phenoxy) is 2. The molecule has 0 saturated carbocycles. The van der Waals surface area contributed by atoms with Crippen LogP contribution in [0.1, 0.15) is 51.7 Å². The zero-order chi connectivity index (χ0) is 18.9. The molecule has 1 aromatic rings. The highest BCUT2D eigenvalue weighted by atomic mass is 28.2. The molecule has 0 amide bonds. The molecule has 0 aliphatic heterocycles. The van der Waals surface area contributed by atoms with Crippen LogP contribution in [0.2, 0.25) is 6.04 Å². The fourth-order valence-corrected chi connectivity index (χ4v) is 3.32. The molecule has 0 spiro atoms. The molecule has 0 radical (unpaired) electrons. The van der Waals surface area contributed by atoms with Gasteiger partial charge in [-0.3, -0.25) is 0 Å². The minimum atomic E-state index is -4.28. The zero-order valence-electron chi connectivity index (χ0n) is 15.4. The lowest BCUT2D eigenvalue weighted by atomic mass is 10.1. The predicted octanol–water partition coefficient (Wildman–Crippen LogP) is 4.68. The molecule has 144 valence electrons. The maximum Gasteiger partial charge on any atom is 0.416 e. The largest absolute Gasteiger partial charge is 0.416 e. The Labute approximate surface area is 150 Å². The van der Waals surface area contributed by atoms with E-state index in [0.29, 0.717) is 6.42 Å². The van der Waals surface area contributed by atoms with Gasteiger partial charge in [0.25, 0.3) is 6.48 Å². The van der Waals surface area contributed by atoms with E-state index in [2.05, 4.69) is 0 Å². The van der Waals surface area contributed by atoms with Gasteiger partial charge in [-0.2, -0.15) is 13.2 Å². The SMILES string of the molecule is CC(C)OC(O[SiH2]CCCCc1cccc(C(F)(F)F)c1)OC(C)C. The van der Waals surface area contributed by atoms with Crippen molar-refractivity contribution in [2.24, 2.45) is 0 Å². The van der Waals surface area contributed by atoms with Crippen molar-refractivity contribution in [3.8, 4) is 0 Å². The van der Waals surface area contributed by atoms with Gasteiger partial charge in [-0.25, -0.2) is 0 Å². The topological polar surface area (TPSA) is 27.7 Å². The first-order valence-corrected chi connectivity index (χ1v) is 10.3. The number of benzene rings is 1. The Morgan fingerprint density at radius 1 is 1.00 bits per heavy atom. The molecule has 0 aliphatic rings. The summed E-state index contributed by atoms with van der Waals surface area (Å²) in [4.78, 5) is 0. The molecule has 0 fully saturated rings. The van der Waals surface area contributed by atoms with Crippen molar-refractivity contribution in [2.45, 2.75) is 77.9 Å². The van der Waals surface area contributed by atoms with E-state index in [-0.39, 0.29) is 12.2 Å². The third kappa shape index (κ3) is 9.99. The molecule has 0 unspecified atom stereocenters. The van der Waals surface area contributed by atoms with Crippen molar-refractivity contribution in [2.75, 3.05) is 0 Å². The first kappa shape index (κ1) is 22.1. The molecule has 0 N–H and O–H groups in total. The van der Waals surface area contributed by atoms with Crippen LogP contribution in [0.3, 0.4) is 0 Å². The van der Waals surface area contributed by atoms with Gasteiger partial charge in [0.2, 0.25) is 0 Å². The Kier molecular flexibility index (Phi) is 9.71. The average molecular weight is 379 g/mol. The number of rotatable bonds is 11. The molecule has 25 heavy (non-hydrogen) atoms. The lowest BCUT2D eigenvalue weighted by Gasteiger charge is -2.23. The molecule has 0 aliphatic carbocycles. The molecule has 0 bridgehead atoms. The first-order valence-electron chi connectivity index (χ1n) is 8.77. The Balaban J connectivity index is 2.27. The summed E-state index contributed by atoms with van der Waals surface area (Å²) in [6.07, 6.45) is -1.81. The van der Waals surface area contributed by atoms with E-state index in [9.17, 15) is 13.2 Å². The highest BCUT2D eigenvalue weighted by molar-refractivity contribution is 6.27. The van der Waals surface area contributed by atoms with Crippen LogP contribution in [0.25, 0.3) is 0 Å². The van der Waals surface area contributed by atoms with Crippen LogP contribution in [0.5, 0.6) is 0 Å². The van der Waals surface area contributed by atoms with E-state index in [1.165, 1.54) is 12.1 Å². The van der Waals surface area contributed by atoms with E-state index in [4.69, 9.17) is 13.9 Å². The smallest absolute Gasteiger partial charge is 0.379 e. The molecule has 0 heterocycles. The van der Waals surface area contributed by atoms with E-state index in [1.54, 1.807) is 6.07 Å². The maximum atomic E-state index is 12.7. The van der Waals surface area contributed by atoms with Gasteiger partial charge in [0, 0.05) is 0 Å². The number of halogens is 3. The normalized spacial score (nSPS) is 13.0. The number of aryl methyl sites for hydroxylation is 1. The number of unbranched alkanes of at least 4 members (excludes halogenated alkanes) is 1. The molecule has 0 atom stereocenters. The van der Waals surface area contributed by atoms with Gasteiger partial charge >= 0.3 is 6.18 Å². The predicted molar refractivity (Wildman–Crippen MR) is 95.0 cm³/mol. The summed E-state index contributed by atoms with van der Waals surface area (Å²) in [5.41, 5.74) is 0.142. The van der Waals surface area contributed by atoms with Crippen molar-refractivity contribution in [3.05, 3.63) is 35.4 Å². The van der Waals surface area contributed by atoms with Crippen molar-refractivity contribution < 1.29 is 27.1 Å². The molecular formula is C18H29F3O3Si. The molecule has 1 aromatic carbocycles. The summed E-state index contributed by atoms with van der Waals surface area (Å²) in [6, 6.07) is 6.49. The van der Waals surface area contributed by atoms with Crippen LogP contribution < -0.4 is 0 Å². The monoisotopic (exact) mass is 378 g/mol. The van der Waals surface area contributed by atoms with E-state index in [0.717, 1.165) is 30.5 Å². The van der Waals surface area contributed by atoms with Crippen LogP contribution in [-0.2, 0) is 26.5 Å². The van der Waals surface area contributed by atoms with Crippen LogP contribution in [0.4, 0.5) is 13.2 Å². The molecule has 0 aromatic heterocycles. The lowest BCUT2D eigenvalue weighted by molar-refractivity contribution is -0.275. The van der Waals surface area contributed by atoms with Crippen LogP contribution in [-0.4, -0.2) is 28.4 Å². The molecule has 7 heteroatoms. The molecule has 0 saturated heterocycles. The fraction of sp³-hybridized carbons (Fsp3) is 0.667. The van der Waals surface area contributed by atoms with Crippen LogP contribution >= 0.6 is 0 Å².